The van der Waals surface area contributed by atoms with E-state index < -0.39 is 12.1 Å². The van der Waals surface area contributed by atoms with Gasteiger partial charge in [0.15, 0.2) is 6.10 Å². The number of ether oxygens (including phenoxy) is 1. The molecule has 1 aromatic carbocycles. The number of nitrogens with one attached hydrogen (secondary N) is 2. The molecule has 0 aliphatic carbocycles. The quantitative estimate of drug-likeness (QED) is 0.787. The zero-order valence-corrected chi connectivity index (χ0v) is 13.3. The molecule has 2 atom stereocenters. The first-order valence-electron chi connectivity index (χ1n) is 7.71. The predicted octanol–water partition coefficient (Wildman–Crippen LogP) is -0.270. The molecule has 2 N–H and O–H groups in total. The summed E-state index contributed by atoms with van der Waals surface area (Å²) in [7, 11) is 1.80. The molecule has 0 unspecified atom stereocenters. The average molecular weight is 329 g/mol. The minimum absolute atomic E-state index is 0.120. The van der Waals surface area contributed by atoms with Crippen molar-refractivity contribution in [3.05, 3.63) is 48.0 Å². The van der Waals surface area contributed by atoms with E-state index in [1.54, 1.807) is 11.7 Å². The van der Waals surface area contributed by atoms with Crippen molar-refractivity contribution in [2.75, 3.05) is 13.2 Å². The first kappa shape index (κ1) is 16.1. The summed E-state index contributed by atoms with van der Waals surface area (Å²) >= 11 is 0. The van der Waals surface area contributed by atoms with Gasteiger partial charge in [-0.1, -0.05) is 30.3 Å². The van der Waals surface area contributed by atoms with E-state index >= 15 is 0 Å². The van der Waals surface area contributed by atoms with Gasteiger partial charge in [-0.15, -0.1) is 0 Å². The zero-order chi connectivity index (χ0) is 16.9. The first-order valence-corrected chi connectivity index (χ1v) is 7.71. The minimum atomic E-state index is -0.760. The number of hydrogen-bond acceptors (Lipinski definition) is 5. The van der Waals surface area contributed by atoms with Gasteiger partial charge in [0.05, 0.1) is 6.04 Å². The second kappa shape index (κ2) is 7.22. The van der Waals surface area contributed by atoms with Crippen LogP contribution in [0.2, 0.25) is 0 Å². The lowest BCUT2D eigenvalue weighted by atomic mass is 9.99. The molecule has 1 aliphatic heterocycles. The number of carbonyl (C=O) groups is 2. The third-order valence-corrected chi connectivity index (χ3v) is 3.88. The van der Waals surface area contributed by atoms with E-state index in [0.29, 0.717) is 13.0 Å². The predicted molar refractivity (Wildman–Crippen MR) is 84.8 cm³/mol. The third-order valence-electron chi connectivity index (χ3n) is 3.88. The van der Waals surface area contributed by atoms with Crippen LogP contribution < -0.4 is 10.6 Å². The maximum absolute atomic E-state index is 12.5. The molecule has 2 heterocycles. The molecule has 2 aromatic rings. The molecule has 3 rings (SSSR count). The molecule has 1 aliphatic rings. The van der Waals surface area contributed by atoms with Crippen LogP contribution in [0.15, 0.2) is 36.7 Å². The smallest absolute Gasteiger partial charge is 0.251 e. The molecule has 0 radical (unpaired) electrons. The van der Waals surface area contributed by atoms with E-state index in [9.17, 15) is 9.59 Å². The van der Waals surface area contributed by atoms with Crippen molar-refractivity contribution in [3.63, 3.8) is 0 Å². The molecule has 0 bridgehead atoms. The fourth-order valence-corrected chi connectivity index (χ4v) is 2.64. The molecule has 24 heavy (non-hydrogen) atoms. The minimum Gasteiger partial charge on any atom is -0.356 e. The lowest BCUT2D eigenvalue weighted by Crippen LogP contribution is -2.52. The van der Waals surface area contributed by atoms with E-state index in [1.165, 1.54) is 6.33 Å². The molecule has 126 valence electrons. The van der Waals surface area contributed by atoms with Crippen LogP contribution in [-0.4, -0.2) is 45.8 Å². The second-order valence-corrected chi connectivity index (χ2v) is 5.53. The van der Waals surface area contributed by atoms with E-state index in [0.717, 1.165) is 11.4 Å². The van der Waals surface area contributed by atoms with Crippen LogP contribution in [0.3, 0.4) is 0 Å². The summed E-state index contributed by atoms with van der Waals surface area (Å²) in [6, 6.07) is 8.82. The van der Waals surface area contributed by atoms with E-state index in [4.69, 9.17) is 4.74 Å². The monoisotopic (exact) mass is 329 g/mol. The SMILES string of the molecule is Cn1ncnc1CCNC(=O)[C@H]1OCC(=O)N[C@@H]1c1ccccc1. The van der Waals surface area contributed by atoms with Crippen molar-refractivity contribution < 1.29 is 14.3 Å². The molecule has 0 saturated carbocycles. The Hall–Kier alpha value is -2.74. The van der Waals surface area contributed by atoms with Gasteiger partial charge in [0, 0.05) is 20.0 Å². The van der Waals surface area contributed by atoms with Gasteiger partial charge in [0.1, 0.15) is 18.8 Å². The van der Waals surface area contributed by atoms with Crippen LogP contribution in [0.4, 0.5) is 0 Å². The molecule has 8 nitrogen and oxygen atoms in total. The van der Waals surface area contributed by atoms with Gasteiger partial charge in [0.25, 0.3) is 5.91 Å². The highest BCUT2D eigenvalue weighted by molar-refractivity contribution is 5.86. The van der Waals surface area contributed by atoms with Crippen LogP contribution in [0.5, 0.6) is 0 Å². The summed E-state index contributed by atoms with van der Waals surface area (Å²) in [5.41, 5.74) is 0.832. The number of amides is 2. The summed E-state index contributed by atoms with van der Waals surface area (Å²) in [6.07, 6.45) is 1.28. The largest absolute Gasteiger partial charge is 0.356 e. The van der Waals surface area contributed by atoms with Crippen molar-refractivity contribution in [1.82, 2.24) is 25.4 Å². The summed E-state index contributed by atoms with van der Waals surface area (Å²) < 4.78 is 7.14. The fraction of sp³-hybridized carbons (Fsp3) is 0.375. The maximum Gasteiger partial charge on any atom is 0.251 e. The van der Waals surface area contributed by atoms with Crippen molar-refractivity contribution in [2.45, 2.75) is 18.6 Å². The van der Waals surface area contributed by atoms with Crippen molar-refractivity contribution in [1.29, 1.82) is 0 Å². The van der Waals surface area contributed by atoms with Crippen LogP contribution in [-0.2, 0) is 27.8 Å². The summed E-state index contributed by atoms with van der Waals surface area (Å²) in [5.74, 6) is 0.297. The Morgan fingerprint density at radius 2 is 2.21 bits per heavy atom. The van der Waals surface area contributed by atoms with Crippen molar-refractivity contribution in [2.24, 2.45) is 7.05 Å². The lowest BCUT2D eigenvalue weighted by molar-refractivity contribution is -0.148. The second-order valence-electron chi connectivity index (χ2n) is 5.53. The van der Waals surface area contributed by atoms with Gasteiger partial charge < -0.3 is 15.4 Å². The number of morpholine rings is 1. The van der Waals surface area contributed by atoms with Crippen LogP contribution in [0.25, 0.3) is 0 Å². The number of aryl methyl sites for hydroxylation is 1. The summed E-state index contributed by atoms with van der Waals surface area (Å²) in [4.78, 5) is 28.2. The van der Waals surface area contributed by atoms with Gasteiger partial charge in [-0.05, 0) is 5.56 Å². The molecule has 0 spiro atoms. The van der Waals surface area contributed by atoms with E-state index in [-0.39, 0.29) is 18.4 Å². The number of hydrogen-bond donors (Lipinski definition) is 2. The molecular weight excluding hydrogens is 310 g/mol. The Kier molecular flexibility index (Phi) is 4.85. The van der Waals surface area contributed by atoms with Crippen LogP contribution in [0, 0.1) is 0 Å². The first-order chi connectivity index (χ1) is 11.6. The Morgan fingerprint density at radius 3 is 2.92 bits per heavy atom. The van der Waals surface area contributed by atoms with Crippen LogP contribution >= 0.6 is 0 Å². The number of nitrogens with zero attached hydrogens (tertiary/aromatic N) is 3. The molecular formula is C16H19N5O3. The molecule has 1 fully saturated rings. The lowest BCUT2D eigenvalue weighted by Gasteiger charge is -2.31. The number of rotatable bonds is 5. The van der Waals surface area contributed by atoms with Gasteiger partial charge >= 0.3 is 0 Å². The zero-order valence-electron chi connectivity index (χ0n) is 13.3. The highest BCUT2D eigenvalue weighted by Crippen LogP contribution is 2.22. The van der Waals surface area contributed by atoms with Gasteiger partial charge in [-0.3, -0.25) is 14.3 Å². The van der Waals surface area contributed by atoms with Crippen molar-refractivity contribution >= 4 is 11.8 Å². The Balaban J connectivity index is 1.63. The van der Waals surface area contributed by atoms with Gasteiger partial charge in [-0.2, -0.15) is 5.10 Å². The Labute approximate surface area is 139 Å². The normalized spacial score (nSPS) is 20.5. The molecule has 1 saturated heterocycles. The van der Waals surface area contributed by atoms with E-state index in [1.807, 2.05) is 30.3 Å². The number of aromatic nitrogens is 3. The summed E-state index contributed by atoms with van der Waals surface area (Å²) in [6.45, 7) is 0.297. The topological polar surface area (TPSA) is 98.1 Å². The highest BCUT2D eigenvalue weighted by Gasteiger charge is 2.35. The van der Waals surface area contributed by atoms with E-state index in [2.05, 4.69) is 20.7 Å². The molecule has 1 aromatic heterocycles. The van der Waals surface area contributed by atoms with Crippen LogP contribution in [0.1, 0.15) is 17.4 Å². The third kappa shape index (κ3) is 3.60. The number of benzene rings is 1. The Morgan fingerprint density at radius 1 is 1.42 bits per heavy atom. The highest BCUT2D eigenvalue weighted by atomic mass is 16.5. The molecule has 2 amide bonds. The molecule has 8 heteroatoms. The fourth-order valence-electron chi connectivity index (χ4n) is 2.64. The average Bonchev–Trinajstić information content (AvgIpc) is 3.00. The number of carbonyl (C=O) groups excluding carboxylic acids is 2. The van der Waals surface area contributed by atoms with Gasteiger partial charge in [-0.25, -0.2) is 4.98 Å². The van der Waals surface area contributed by atoms with Crippen molar-refractivity contribution in [3.8, 4) is 0 Å². The maximum atomic E-state index is 12.5. The Bertz CT molecular complexity index is 716. The van der Waals surface area contributed by atoms with Gasteiger partial charge in [0.2, 0.25) is 5.91 Å². The summed E-state index contributed by atoms with van der Waals surface area (Å²) in [5, 5.41) is 9.65. The standard InChI is InChI=1S/C16H19N5O3/c1-21-12(18-10-19-21)7-8-17-16(23)15-14(20-13(22)9-24-15)11-5-3-2-4-6-11/h2-6,10,14-15H,7-9H2,1H3,(H,17,23)(H,20,22)/t14-,15+/m1/s1.